The summed E-state index contributed by atoms with van der Waals surface area (Å²) in [5, 5.41) is 16.0. The Hall–Kier alpha value is -3.43. The molecule has 1 aromatic heterocycles. The lowest BCUT2D eigenvalue weighted by molar-refractivity contribution is -0.113. The van der Waals surface area contributed by atoms with Gasteiger partial charge in [0.05, 0.1) is 12.9 Å². The molecule has 0 spiro atoms. The predicted octanol–water partition coefficient (Wildman–Crippen LogP) is 4.68. The van der Waals surface area contributed by atoms with Crippen LogP contribution < -0.4 is 15.4 Å². The minimum absolute atomic E-state index is 0.171. The van der Waals surface area contributed by atoms with E-state index in [2.05, 4.69) is 20.8 Å². The van der Waals surface area contributed by atoms with Crippen LogP contribution in [-0.2, 0) is 4.79 Å². The Labute approximate surface area is 186 Å². The molecule has 0 unspecified atom stereocenters. The van der Waals surface area contributed by atoms with Crippen LogP contribution in [0.1, 0.15) is 10.4 Å². The van der Waals surface area contributed by atoms with E-state index in [0.29, 0.717) is 26.5 Å². The minimum Gasteiger partial charge on any atom is -0.497 e. The van der Waals surface area contributed by atoms with Crippen molar-refractivity contribution in [2.45, 2.75) is 4.34 Å². The van der Waals surface area contributed by atoms with Crippen molar-refractivity contribution in [2.75, 3.05) is 23.5 Å². The van der Waals surface area contributed by atoms with Gasteiger partial charge in [-0.3, -0.25) is 14.9 Å². The fourth-order valence-electron chi connectivity index (χ4n) is 2.84. The van der Waals surface area contributed by atoms with Gasteiger partial charge in [-0.25, -0.2) is 0 Å². The average Bonchev–Trinajstić information content (AvgIpc) is 3.24. The molecular formula is C22H18N4O3S2. The molecule has 0 saturated heterocycles. The zero-order valence-corrected chi connectivity index (χ0v) is 18.1. The maximum Gasteiger partial charge on any atom is 0.257 e. The number of anilines is 2. The van der Waals surface area contributed by atoms with Crippen molar-refractivity contribution in [3.63, 3.8) is 0 Å². The largest absolute Gasteiger partial charge is 0.497 e. The second-order valence-corrected chi connectivity index (χ2v) is 8.66. The molecule has 156 valence electrons. The summed E-state index contributed by atoms with van der Waals surface area (Å²) in [6.07, 6.45) is 0. The van der Waals surface area contributed by atoms with Gasteiger partial charge in [0, 0.05) is 17.3 Å². The van der Waals surface area contributed by atoms with Crippen molar-refractivity contribution < 1.29 is 14.3 Å². The van der Waals surface area contributed by atoms with Gasteiger partial charge in [-0.05, 0) is 35.0 Å². The van der Waals surface area contributed by atoms with Crippen LogP contribution in [0, 0.1) is 0 Å². The molecule has 0 atom stereocenters. The number of hydrogen-bond acceptors (Lipinski definition) is 7. The van der Waals surface area contributed by atoms with Crippen LogP contribution >= 0.6 is 23.1 Å². The van der Waals surface area contributed by atoms with Crippen molar-refractivity contribution in [3.05, 3.63) is 72.3 Å². The Morgan fingerprint density at radius 2 is 1.81 bits per heavy atom. The monoisotopic (exact) mass is 450 g/mol. The molecule has 9 heteroatoms. The third-order valence-corrected chi connectivity index (χ3v) is 6.29. The minimum atomic E-state index is -0.255. The third kappa shape index (κ3) is 5.39. The van der Waals surface area contributed by atoms with Gasteiger partial charge in [-0.1, -0.05) is 59.5 Å². The standard InChI is InChI=1S/C22H18N4O3S2/c1-29-18-8-4-7-17(12-18)23-19(27)13-30-22-26-25-21(31-22)24-20(28)16-10-9-14-5-2-3-6-15(14)11-16/h2-12H,13H2,1H3,(H,23,27)(H,24,25,28). The van der Waals surface area contributed by atoms with E-state index in [1.807, 2.05) is 36.4 Å². The topological polar surface area (TPSA) is 93.2 Å². The van der Waals surface area contributed by atoms with E-state index in [4.69, 9.17) is 4.74 Å². The predicted molar refractivity (Wildman–Crippen MR) is 124 cm³/mol. The van der Waals surface area contributed by atoms with Gasteiger partial charge in [-0.2, -0.15) is 0 Å². The highest BCUT2D eigenvalue weighted by Gasteiger charge is 2.12. The maximum atomic E-state index is 12.5. The van der Waals surface area contributed by atoms with E-state index in [1.165, 1.54) is 23.1 Å². The Morgan fingerprint density at radius 1 is 0.968 bits per heavy atom. The van der Waals surface area contributed by atoms with Crippen molar-refractivity contribution in [2.24, 2.45) is 0 Å². The number of carbonyl (C=O) groups is 2. The van der Waals surface area contributed by atoms with Crippen LogP contribution in [0.4, 0.5) is 10.8 Å². The molecule has 0 aliphatic carbocycles. The molecule has 4 rings (SSSR count). The Bertz CT molecular complexity index is 1240. The summed E-state index contributed by atoms with van der Waals surface area (Å²) < 4.78 is 5.74. The molecule has 0 radical (unpaired) electrons. The number of carbonyl (C=O) groups excluding carboxylic acids is 2. The molecule has 31 heavy (non-hydrogen) atoms. The quantitative estimate of drug-likeness (QED) is 0.314. The Morgan fingerprint density at radius 3 is 2.65 bits per heavy atom. The van der Waals surface area contributed by atoms with E-state index in [-0.39, 0.29) is 17.6 Å². The fraction of sp³-hybridized carbons (Fsp3) is 0.0909. The van der Waals surface area contributed by atoms with Crippen molar-refractivity contribution >= 4 is 56.5 Å². The molecule has 7 nitrogen and oxygen atoms in total. The van der Waals surface area contributed by atoms with Gasteiger partial charge in [0.15, 0.2) is 4.34 Å². The number of aromatic nitrogens is 2. The van der Waals surface area contributed by atoms with Gasteiger partial charge >= 0.3 is 0 Å². The molecule has 1 heterocycles. The molecule has 0 saturated carbocycles. The number of hydrogen-bond donors (Lipinski definition) is 2. The number of rotatable bonds is 7. The zero-order valence-electron chi connectivity index (χ0n) is 16.5. The summed E-state index contributed by atoms with van der Waals surface area (Å²) in [5.74, 6) is 0.413. The third-order valence-electron chi connectivity index (χ3n) is 4.32. The van der Waals surface area contributed by atoms with Crippen molar-refractivity contribution in [1.29, 1.82) is 0 Å². The van der Waals surface area contributed by atoms with E-state index in [0.717, 1.165) is 10.8 Å². The second kappa shape index (κ2) is 9.59. The molecule has 3 aromatic carbocycles. The van der Waals surface area contributed by atoms with Gasteiger partial charge in [-0.15, -0.1) is 10.2 Å². The highest BCUT2D eigenvalue weighted by Crippen LogP contribution is 2.26. The van der Waals surface area contributed by atoms with E-state index in [9.17, 15) is 9.59 Å². The summed E-state index contributed by atoms with van der Waals surface area (Å²) >= 11 is 2.48. The summed E-state index contributed by atoms with van der Waals surface area (Å²) in [6, 6.07) is 20.5. The van der Waals surface area contributed by atoms with Crippen LogP contribution in [0.3, 0.4) is 0 Å². The van der Waals surface area contributed by atoms with Crippen LogP contribution in [0.5, 0.6) is 5.75 Å². The van der Waals surface area contributed by atoms with Gasteiger partial charge in [0.2, 0.25) is 11.0 Å². The fourth-order valence-corrected chi connectivity index (χ4v) is 4.39. The van der Waals surface area contributed by atoms with Gasteiger partial charge in [0.1, 0.15) is 5.75 Å². The first-order valence-electron chi connectivity index (χ1n) is 9.31. The molecule has 0 aliphatic rings. The molecule has 4 aromatic rings. The number of thioether (sulfide) groups is 1. The highest BCUT2D eigenvalue weighted by molar-refractivity contribution is 8.01. The Kier molecular flexibility index (Phi) is 6.44. The first-order valence-corrected chi connectivity index (χ1v) is 11.1. The number of nitrogens with one attached hydrogen (secondary N) is 2. The average molecular weight is 451 g/mol. The normalized spacial score (nSPS) is 10.6. The first-order chi connectivity index (χ1) is 15.1. The van der Waals surface area contributed by atoms with Gasteiger partial charge in [0.25, 0.3) is 5.91 Å². The first kappa shape index (κ1) is 20.8. The van der Waals surface area contributed by atoms with E-state index < -0.39 is 0 Å². The van der Waals surface area contributed by atoms with Crippen LogP contribution in [0.15, 0.2) is 71.1 Å². The summed E-state index contributed by atoms with van der Waals surface area (Å²) in [5.41, 5.74) is 1.20. The maximum absolute atomic E-state index is 12.5. The number of methoxy groups -OCH3 is 1. The van der Waals surface area contributed by atoms with E-state index >= 15 is 0 Å². The van der Waals surface area contributed by atoms with Crippen molar-refractivity contribution in [1.82, 2.24) is 10.2 Å². The highest BCUT2D eigenvalue weighted by atomic mass is 32.2. The molecule has 2 amide bonds. The SMILES string of the molecule is COc1cccc(NC(=O)CSc2nnc(NC(=O)c3ccc4ccccc4c3)s2)c1. The smallest absolute Gasteiger partial charge is 0.257 e. The Balaban J connectivity index is 1.32. The molecule has 0 bridgehead atoms. The molecular weight excluding hydrogens is 432 g/mol. The van der Waals surface area contributed by atoms with Crippen LogP contribution in [0.2, 0.25) is 0 Å². The summed E-state index contributed by atoms with van der Waals surface area (Å²) in [6.45, 7) is 0. The molecule has 0 aliphatic heterocycles. The van der Waals surface area contributed by atoms with Crippen LogP contribution in [-0.4, -0.2) is 34.9 Å². The molecule has 2 N–H and O–H groups in total. The number of ether oxygens (including phenoxy) is 1. The number of nitrogens with zero attached hydrogens (tertiary/aromatic N) is 2. The number of benzene rings is 3. The zero-order chi connectivity index (χ0) is 21.6. The second-order valence-electron chi connectivity index (χ2n) is 6.46. The lowest BCUT2D eigenvalue weighted by Gasteiger charge is -2.06. The van der Waals surface area contributed by atoms with Crippen molar-refractivity contribution in [3.8, 4) is 5.75 Å². The summed E-state index contributed by atoms with van der Waals surface area (Å²) in [7, 11) is 1.57. The van der Waals surface area contributed by atoms with Crippen LogP contribution in [0.25, 0.3) is 10.8 Å². The van der Waals surface area contributed by atoms with Gasteiger partial charge < -0.3 is 10.1 Å². The lowest BCUT2D eigenvalue weighted by atomic mass is 10.1. The number of fused-ring (bicyclic) bond motifs is 1. The molecule has 0 fully saturated rings. The number of amides is 2. The van der Waals surface area contributed by atoms with E-state index in [1.54, 1.807) is 37.4 Å². The lowest BCUT2D eigenvalue weighted by Crippen LogP contribution is -2.13. The summed E-state index contributed by atoms with van der Waals surface area (Å²) in [4.78, 5) is 24.7.